The molecule has 0 bridgehead atoms. The third-order valence-corrected chi connectivity index (χ3v) is 4.54. The minimum Gasteiger partial charge on any atom is -0.618 e. The van der Waals surface area contributed by atoms with Crippen LogP contribution in [0, 0.1) is 5.21 Å². The first-order valence-corrected chi connectivity index (χ1v) is 8.60. The van der Waals surface area contributed by atoms with Gasteiger partial charge < -0.3 is 5.21 Å². The maximum Gasteiger partial charge on any atom is 0.232 e. The van der Waals surface area contributed by atoms with Gasteiger partial charge in [-0.2, -0.15) is 4.74 Å². The lowest BCUT2D eigenvalue weighted by molar-refractivity contribution is -0.349. The maximum atomic E-state index is 13.5. The van der Waals surface area contributed by atoms with Crippen LogP contribution >= 0.6 is 0 Å². The SMILES string of the molecule is CC/C=C(\c1ccccc1)[N+]([O-])=C1c2ccccc2-c2ccccc21. The zero-order valence-electron chi connectivity index (χ0n) is 14.1. The van der Waals surface area contributed by atoms with Gasteiger partial charge in [-0.15, -0.1) is 0 Å². The van der Waals surface area contributed by atoms with Crippen LogP contribution in [0.25, 0.3) is 16.8 Å². The zero-order valence-corrected chi connectivity index (χ0v) is 14.1. The van der Waals surface area contributed by atoms with Gasteiger partial charge in [0, 0.05) is 5.56 Å². The molecule has 1 aliphatic carbocycles. The molecule has 2 heteroatoms. The number of allylic oxidation sites excluding steroid dienone is 1. The monoisotopic (exact) mass is 325 g/mol. The Hall–Kier alpha value is -3.13. The smallest absolute Gasteiger partial charge is 0.232 e. The average Bonchev–Trinajstić information content (AvgIpc) is 3.01. The highest BCUT2D eigenvalue weighted by Crippen LogP contribution is 2.37. The van der Waals surface area contributed by atoms with Crippen LogP contribution < -0.4 is 0 Å². The summed E-state index contributed by atoms with van der Waals surface area (Å²) >= 11 is 0. The Labute approximate surface area is 148 Å². The van der Waals surface area contributed by atoms with E-state index in [2.05, 4.69) is 19.1 Å². The molecule has 25 heavy (non-hydrogen) atoms. The van der Waals surface area contributed by atoms with Crippen LogP contribution in [-0.4, -0.2) is 10.5 Å². The second-order valence-corrected chi connectivity index (χ2v) is 6.10. The molecule has 0 aliphatic heterocycles. The van der Waals surface area contributed by atoms with Crippen molar-refractivity contribution in [2.45, 2.75) is 13.3 Å². The summed E-state index contributed by atoms with van der Waals surface area (Å²) < 4.78 is 1.10. The number of nitrogens with zero attached hydrogens (tertiary/aromatic N) is 1. The molecule has 0 saturated carbocycles. The lowest BCUT2D eigenvalue weighted by Crippen LogP contribution is -2.15. The van der Waals surface area contributed by atoms with E-state index in [1.165, 1.54) is 0 Å². The Morgan fingerprint density at radius 2 is 1.24 bits per heavy atom. The predicted octanol–water partition coefficient (Wildman–Crippen LogP) is 5.47. The second-order valence-electron chi connectivity index (χ2n) is 6.10. The highest BCUT2D eigenvalue weighted by atomic mass is 16.5. The van der Waals surface area contributed by atoms with Gasteiger partial charge in [-0.1, -0.05) is 61.5 Å². The Morgan fingerprint density at radius 1 is 0.760 bits per heavy atom. The quantitative estimate of drug-likeness (QED) is 0.279. The van der Waals surface area contributed by atoms with Gasteiger partial charge in [-0.05, 0) is 47.9 Å². The fourth-order valence-electron chi connectivity index (χ4n) is 3.45. The van der Waals surface area contributed by atoms with Gasteiger partial charge in [0.2, 0.25) is 11.4 Å². The second kappa shape index (κ2) is 6.40. The number of benzene rings is 3. The van der Waals surface area contributed by atoms with Gasteiger partial charge in [-0.3, -0.25) is 0 Å². The van der Waals surface area contributed by atoms with E-state index in [4.69, 9.17) is 0 Å². The molecule has 0 N–H and O–H groups in total. The third-order valence-electron chi connectivity index (χ3n) is 4.54. The van der Waals surface area contributed by atoms with Gasteiger partial charge in [0.25, 0.3) is 0 Å². The van der Waals surface area contributed by atoms with E-state index in [0.717, 1.165) is 44.7 Å². The number of hydrogen-bond acceptors (Lipinski definition) is 1. The number of rotatable bonds is 3. The molecule has 0 amide bonds. The first kappa shape index (κ1) is 15.4. The molecule has 3 aromatic rings. The van der Waals surface area contributed by atoms with Gasteiger partial charge in [0.05, 0.1) is 11.1 Å². The molecule has 0 aromatic heterocycles. The summed E-state index contributed by atoms with van der Waals surface area (Å²) in [6, 6.07) is 26.1. The topological polar surface area (TPSA) is 26.1 Å². The molecule has 0 spiro atoms. The lowest BCUT2D eigenvalue weighted by atomic mass is 10.1. The van der Waals surface area contributed by atoms with Crippen LogP contribution in [0.1, 0.15) is 30.0 Å². The van der Waals surface area contributed by atoms with Crippen molar-refractivity contribution >= 4 is 11.4 Å². The molecule has 1 aliphatic rings. The summed E-state index contributed by atoms with van der Waals surface area (Å²) in [6.07, 6.45) is 2.80. The highest BCUT2D eigenvalue weighted by Gasteiger charge is 2.31. The van der Waals surface area contributed by atoms with Crippen LogP contribution in [0.4, 0.5) is 0 Å². The summed E-state index contributed by atoms with van der Waals surface area (Å²) in [4.78, 5) is 0. The predicted molar refractivity (Wildman–Crippen MR) is 103 cm³/mol. The zero-order chi connectivity index (χ0) is 17.2. The first-order valence-electron chi connectivity index (χ1n) is 8.60. The Bertz CT molecular complexity index is 936. The summed E-state index contributed by atoms with van der Waals surface area (Å²) in [5, 5.41) is 13.5. The summed E-state index contributed by atoms with van der Waals surface area (Å²) in [7, 11) is 0. The van der Waals surface area contributed by atoms with Crippen molar-refractivity contribution in [2.75, 3.05) is 0 Å². The molecular formula is C23H19NO. The van der Waals surface area contributed by atoms with Crippen molar-refractivity contribution in [1.82, 2.24) is 0 Å². The average molecular weight is 325 g/mol. The summed E-state index contributed by atoms with van der Waals surface area (Å²) in [5.74, 6) is 0. The molecule has 4 rings (SSSR count). The molecule has 2 nitrogen and oxygen atoms in total. The van der Waals surface area contributed by atoms with Crippen molar-refractivity contribution in [3.05, 3.63) is 107 Å². The van der Waals surface area contributed by atoms with E-state index in [1.807, 2.05) is 72.8 Å². The normalized spacial score (nSPS) is 12.7. The van der Waals surface area contributed by atoms with Crippen molar-refractivity contribution < 1.29 is 4.74 Å². The fourth-order valence-corrected chi connectivity index (χ4v) is 3.45. The Kier molecular flexibility index (Phi) is 3.95. The minimum atomic E-state index is 0.699. The van der Waals surface area contributed by atoms with Gasteiger partial charge in [0.15, 0.2) is 0 Å². The van der Waals surface area contributed by atoms with Crippen molar-refractivity contribution in [2.24, 2.45) is 0 Å². The Morgan fingerprint density at radius 3 is 1.76 bits per heavy atom. The van der Waals surface area contributed by atoms with Crippen LogP contribution in [0.3, 0.4) is 0 Å². The summed E-state index contributed by atoms with van der Waals surface area (Å²) in [5.41, 5.74) is 6.61. The van der Waals surface area contributed by atoms with E-state index in [-0.39, 0.29) is 0 Å². The Balaban J connectivity index is 1.99. The first-order chi connectivity index (χ1) is 12.3. The number of hydrogen-bond donors (Lipinski definition) is 0. The van der Waals surface area contributed by atoms with Crippen LogP contribution in [-0.2, 0) is 0 Å². The van der Waals surface area contributed by atoms with Crippen LogP contribution in [0.15, 0.2) is 84.9 Å². The van der Waals surface area contributed by atoms with Crippen molar-refractivity contribution in [3.63, 3.8) is 0 Å². The third kappa shape index (κ3) is 2.56. The summed E-state index contributed by atoms with van der Waals surface area (Å²) in [6.45, 7) is 2.05. The fraction of sp³-hybridized carbons (Fsp3) is 0.0870. The lowest BCUT2D eigenvalue weighted by Gasteiger charge is -2.12. The molecule has 122 valence electrons. The molecule has 0 unspecified atom stereocenters. The standard InChI is InChI=1S/C23H19NO/c1-2-10-22(17-11-4-3-5-12-17)24(25)23-20-15-8-6-13-18(20)19-14-7-9-16-21(19)23/h3-16H,2H2,1H3/b22-10+. The molecule has 0 fully saturated rings. The van der Waals surface area contributed by atoms with Gasteiger partial charge >= 0.3 is 0 Å². The number of fused-ring (bicyclic) bond motifs is 3. The van der Waals surface area contributed by atoms with E-state index in [9.17, 15) is 5.21 Å². The molecule has 0 saturated heterocycles. The molecule has 0 heterocycles. The van der Waals surface area contributed by atoms with Crippen LogP contribution in [0.2, 0.25) is 0 Å². The van der Waals surface area contributed by atoms with Crippen LogP contribution in [0.5, 0.6) is 0 Å². The maximum absolute atomic E-state index is 13.5. The number of hydroxylamine groups is 1. The van der Waals surface area contributed by atoms with Crippen molar-refractivity contribution in [3.8, 4) is 11.1 Å². The minimum absolute atomic E-state index is 0.699. The largest absolute Gasteiger partial charge is 0.618 e. The van der Waals surface area contributed by atoms with E-state index in [1.54, 1.807) is 0 Å². The van der Waals surface area contributed by atoms with Crippen molar-refractivity contribution in [1.29, 1.82) is 0 Å². The molecule has 0 atom stereocenters. The van der Waals surface area contributed by atoms with E-state index in [0.29, 0.717) is 5.70 Å². The molecule has 3 aromatic carbocycles. The van der Waals surface area contributed by atoms with Gasteiger partial charge in [-0.25, -0.2) is 0 Å². The molecular weight excluding hydrogens is 306 g/mol. The van der Waals surface area contributed by atoms with E-state index >= 15 is 0 Å². The van der Waals surface area contributed by atoms with Gasteiger partial charge in [0.1, 0.15) is 0 Å². The van der Waals surface area contributed by atoms with E-state index < -0.39 is 0 Å². The highest BCUT2D eigenvalue weighted by molar-refractivity contribution is 6.22. The molecule has 0 radical (unpaired) electrons.